The lowest BCUT2D eigenvalue weighted by atomic mass is 9.96. The van der Waals surface area contributed by atoms with Crippen LogP contribution in [0.1, 0.15) is 12.8 Å². The molecule has 3 nitrogen and oxygen atoms in total. The summed E-state index contributed by atoms with van der Waals surface area (Å²) in [5, 5.41) is 7.48. The molecule has 9 heavy (non-hydrogen) atoms. The van der Waals surface area contributed by atoms with Crippen LogP contribution in [-0.2, 0) is 10.2 Å². The van der Waals surface area contributed by atoms with E-state index in [0.717, 1.165) is 0 Å². The Morgan fingerprint density at radius 1 is 1.44 bits per heavy atom. The molecule has 1 saturated carbocycles. The first-order valence-electron chi connectivity index (χ1n) is 2.63. The molecular formula is C4H7FO3S. The second-order valence-corrected chi connectivity index (χ2v) is 3.72. The van der Waals surface area contributed by atoms with E-state index in [-0.39, 0.29) is 6.42 Å². The Morgan fingerprint density at radius 2 is 2.00 bits per heavy atom. The van der Waals surface area contributed by atoms with Gasteiger partial charge >= 0.3 is 10.2 Å². The Labute approximate surface area is 52.7 Å². The van der Waals surface area contributed by atoms with E-state index >= 15 is 0 Å². The third-order valence-corrected chi connectivity index (χ3v) is 2.81. The molecule has 2 atom stereocenters. The van der Waals surface area contributed by atoms with Crippen molar-refractivity contribution >= 4 is 10.2 Å². The highest BCUT2D eigenvalue weighted by molar-refractivity contribution is 7.87. The van der Waals surface area contributed by atoms with Crippen molar-refractivity contribution in [1.82, 2.24) is 0 Å². The maximum absolute atomic E-state index is 11.9. The van der Waals surface area contributed by atoms with Gasteiger partial charge < -0.3 is 5.11 Å². The Morgan fingerprint density at radius 3 is 2.00 bits per heavy atom. The predicted octanol–water partition coefficient (Wildman–Crippen LogP) is -0.191. The molecule has 1 rings (SSSR count). The SMILES string of the molecule is O=S(=O)(F)[C@@H]1CC[C@H]1O. The van der Waals surface area contributed by atoms with Gasteiger partial charge in [0.1, 0.15) is 5.25 Å². The van der Waals surface area contributed by atoms with Gasteiger partial charge in [-0.3, -0.25) is 0 Å². The first kappa shape index (κ1) is 6.95. The number of hydrogen-bond donors (Lipinski definition) is 1. The van der Waals surface area contributed by atoms with Gasteiger partial charge in [-0.25, -0.2) is 0 Å². The summed E-state index contributed by atoms with van der Waals surface area (Å²) in [7, 11) is -4.47. The van der Waals surface area contributed by atoms with Gasteiger partial charge in [0.15, 0.2) is 0 Å². The summed E-state index contributed by atoms with van der Waals surface area (Å²) in [5.41, 5.74) is 0. The van der Waals surface area contributed by atoms with E-state index in [2.05, 4.69) is 0 Å². The van der Waals surface area contributed by atoms with Crippen LogP contribution < -0.4 is 0 Å². The molecule has 0 heterocycles. The number of halogens is 1. The minimum Gasteiger partial charge on any atom is -0.392 e. The molecule has 0 aromatic rings. The van der Waals surface area contributed by atoms with Crippen LogP contribution >= 0.6 is 0 Å². The van der Waals surface area contributed by atoms with Gasteiger partial charge in [0.2, 0.25) is 0 Å². The average Bonchev–Trinajstić information content (AvgIpc) is 1.57. The summed E-state index contributed by atoms with van der Waals surface area (Å²) in [5.74, 6) is 0. The fourth-order valence-corrected chi connectivity index (χ4v) is 1.71. The zero-order chi connectivity index (χ0) is 7.07. The molecule has 5 heteroatoms. The number of aliphatic hydroxyl groups excluding tert-OH is 1. The van der Waals surface area contributed by atoms with E-state index in [9.17, 15) is 12.3 Å². The van der Waals surface area contributed by atoms with Crippen LogP contribution in [0.3, 0.4) is 0 Å². The van der Waals surface area contributed by atoms with Crippen molar-refractivity contribution < 1.29 is 17.4 Å². The molecular weight excluding hydrogens is 147 g/mol. The number of hydrogen-bond acceptors (Lipinski definition) is 3. The minimum absolute atomic E-state index is 0.250. The summed E-state index contributed by atoms with van der Waals surface area (Å²) < 4.78 is 31.9. The monoisotopic (exact) mass is 154 g/mol. The van der Waals surface area contributed by atoms with Crippen molar-refractivity contribution in [2.45, 2.75) is 24.2 Å². The summed E-state index contributed by atoms with van der Waals surface area (Å²) in [6, 6.07) is 0. The molecule has 1 aliphatic rings. The summed E-state index contributed by atoms with van der Waals surface area (Å²) >= 11 is 0. The average molecular weight is 154 g/mol. The largest absolute Gasteiger partial charge is 0.392 e. The van der Waals surface area contributed by atoms with E-state index in [4.69, 9.17) is 5.11 Å². The molecule has 0 spiro atoms. The van der Waals surface area contributed by atoms with Crippen LogP contribution in [0.5, 0.6) is 0 Å². The third kappa shape index (κ3) is 1.21. The van der Waals surface area contributed by atoms with Gasteiger partial charge in [-0.05, 0) is 12.8 Å². The van der Waals surface area contributed by atoms with Gasteiger partial charge in [0, 0.05) is 0 Å². The highest BCUT2D eigenvalue weighted by Crippen LogP contribution is 2.27. The molecule has 0 radical (unpaired) electrons. The summed E-state index contributed by atoms with van der Waals surface area (Å²) in [4.78, 5) is 0. The highest BCUT2D eigenvalue weighted by Gasteiger charge is 2.39. The molecule has 54 valence electrons. The molecule has 1 N–H and O–H groups in total. The maximum Gasteiger partial charge on any atom is 0.307 e. The molecule has 0 aromatic heterocycles. The molecule has 0 aliphatic heterocycles. The third-order valence-electron chi connectivity index (χ3n) is 1.54. The van der Waals surface area contributed by atoms with Crippen molar-refractivity contribution in [1.29, 1.82) is 0 Å². The highest BCUT2D eigenvalue weighted by atomic mass is 32.3. The van der Waals surface area contributed by atoms with Crippen LogP contribution in [0.2, 0.25) is 0 Å². The van der Waals surface area contributed by atoms with Gasteiger partial charge in [0.25, 0.3) is 0 Å². The van der Waals surface area contributed by atoms with Crippen molar-refractivity contribution in [3.8, 4) is 0 Å². The van der Waals surface area contributed by atoms with Crippen LogP contribution in [0, 0.1) is 0 Å². The Bertz CT molecular complexity index is 198. The predicted molar refractivity (Wildman–Crippen MR) is 29.1 cm³/mol. The normalized spacial score (nSPS) is 35.8. The van der Waals surface area contributed by atoms with E-state index in [1.807, 2.05) is 0 Å². The lowest BCUT2D eigenvalue weighted by molar-refractivity contribution is 0.0972. The van der Waals surface area contributed by atoms with Crippen molar-refractivity contribution in [2.24, 2.45) is 0 Å². The van der Waals surface area contributed by atoms with E-state index in [1.54, 1.807) is 0 Å². The fraction of sp³-hybridized carbons (Fsp3) is 1.00. The van der Waals surface area contributed by atoms with Crippen LogP contribution in [-0.4, -0.2) is 24.9 Å². The molecule has 0 bridgehead atoms. The lowest BCUT2D eigenvalue weighted by Crippen LogP contribution is -2.41. The Kier molecular flexibility index (Phi) is 1.48. The number of aliphatic hydroxyl groups is 1. The minimum atomic E-state index is -4.47. The summed E-state index contributed by atoms with van der Waals surface area (Å²) in [6.07, 6.45) is -0.326. The standard InChI is InChI=1S/C4H7FO3S/c5-9(7,8)4-2-1-3(4)6/h3-4,6H,1-2H2/t3-,4-/m1/s1. The quantitative estimate of drug-likeness (QED) is 0.532. The Balaban J connectivity index is 2.66. The van der Waals surface area contributed by atoms with Gasteiger partial charge in [-0.15, -0.1) is 3.89 Å². The second-order valence-electron chi connectivity index (χ2n) is 2.16. The smallest absolute Gasteiger partial charge is 0.307 e. The Hall–Kier alpha value is -0.160. The first-order valence-corrected chi connectivity index (χ1v) is 4.08. The van der Waals surface area contributed by atoms with Gasteiger partial charge in [-0.2, -0.15) is 8.42 Å². The number of rotatable bonds is 1. The lowest BCUT2D eigenvalue weighted by Gasteiger charge is -2.27. The molecule has 0 aromatic carbocycles. The van der Waals surface area contributed by atoms with Crippen molar-refractivity contribution in [2.75, 3.05) is 0 Å². The molecule has 1 aliphatic carbocycles. The van der Waals surface area contributed by atoms with Gasteiger partial charge in [-0.1, -0.05) is 0 Å². The van der Waals surface area contributed by atoms with Crippen molar-refractivity contribution in [3.63, 3.8) is 0 Å². The van der Waals surface area contributed by atoms with E-state index < -0.39 is 21.6 Å². The first-order chi connectivity index (χ1) is 4.02. The topological polar surface area (TPSA) is 54.4 Å². The van der Waals surface area contributed by atoms with E-state index in [0.29, 0.717) is 6.42 Å². The summed E-state index contributed by atoms with van der Waals surface area (Å²) in [6.45, 7) is 0. The zero-order valence-corrected chi connectivity index (χ0v) is 5.44. The van der Waals surface area contributed by atoms with Crippen LogP contribution in [0.15, 0.2) is 0 Å². The maximum atomic E-state index is 11.9. The zero-order valence-electron chi connectivity index (χ0n) is 4.62. The van der Waals surface area contributed by atoms with Crippen LogP contribution in [0.25, 0.3) is 0 Å². The molecule has 0 saturated heterocycles. The van der Waals surface area contributed by atoms with E-state index in [1.165, 1.54) is 0 Å². The molecule has 1 fully saturated rings. The molecule has 0 amide bonds. The van der Waals surface area contributed by atoms with Gasteiger partial charge in [0.05, 0.1) is 6.10 Å². The van der Waals surface area contributed by atoms with Crippen molar-refractivity contribution in [3.05, 3.63) is 0 Å². The fourth-order valence-electron chi connectivity index (χ4n) is 0.780. The molecule has 0 unspecified atom stereocenters. The van der Waals surface area contributed by atoms with Crippen LogP contribution in [0.4, 0.5) is 3.89 Å². The second kappa shape index (κ2) is 1.91.